The van der Waals surface area contributed by atoms with Gasteiger partial charge in [0.15, 0.2) is 0 Å². The first-order valence-corrected chi connectivity index (χ1v) is 5.91. The Kier molecular flexibility index (Phi) is 6.25. The van der Waals surface area contributed by atoms with Gasteiger partial charge >= 0.3 is 0 Å². The molecule has 1 rings (SSSR count). The van der Waals surface area contributed by atoms with Crippen molar-refractivity contribution in [3.63, 3.8) is 0 Å². The van der Waals surface area contributed by atoms with Gasteiger partial charge < -0.3 is 10.6 Å². The van der Waals surface area contributed by atoms with E-state index in [9.17, 15) is 4.79 Å². The van der Waals surface area contributed by atoms with E-state index in [1.165, 1.54) is 4.90 Å². The standard InChI is InChI=1S/C11H17N3O.C2H6/c1-7(2)9-5-8(6-10(12)13-9)11(15)14(3)4;1-2/h5-7H,1-4H3,(H2,12,13);1-2H3. The number of hydrogen-bond donors (Lipinski definition) is 1. The molecule has 0 saturated heterocycles. The largest absolute Gasteiger partial charge is 0.384 e. The van der Waals surface area contributed by atoms with E-state index in [0.717, 1.165) is 5.69 Å². The Balaban J connectivity index is 0.00000121. The molecule has 0 aliphatic heterocycles. The monoisotopic (exact) mass is 237 g/mol. The summed E-state index contributed by atoms with van der Waals surface area (Å²) in [7, 11) is 3.43. The van der Waals surface area contributed by atoms with E-state index in [1.807, 2.05) is 27.7 Å². The molecule has 17 heavy (non-hydrogen) atoms. The van der Waals surface area contributed by atoms with Crippen molar-refractivity contribution in [3.05, 3.63) is 23.4 Å². The smallest absolute Gasteiger partial charge is 0.253 e. The van der Waals surface area contributed by atoms with Gasteiger partial charge in [-0.3, -0.25) is 4.79 Å². The second-order valence-electron chi connectivity index (χ2n) is 4.06. The van der Waals surface area contributed by atoms with Gasteiger partial charge in [0.05, 0.1) is 0 Å². The van der Waals surface area contributed by atoms with Crippen LogP contribution in [0.5, 0.6) is 0 Å². The van der Waals surface area contributed by atoms with Gasteiger partial charge in [0.1, 0.15) is 5.82 Å². The van der Waals surface area contributed by atoms with Crippen molar-refractivity contribution in [2.24, 2.45) is 0 Å². The minimum absolute atomic E-state index is 0.0500. The van der Waals surface area contributed by atoms with Crippen molar-refractivity contribution >= 4 is 11.7 Å². The highest BCUT2D eigenvalue weighted by Gasteiger charge is 2.11. The molecule has 0 aliphatic rings. The molecule has 1 aromatic heterocycles. The summed E-state index contributed by atoms with van der Waals surface area (Å²) in [6, 6.07) is 3.40. The lowest BCUT2D eigenvalue weighted by atomic mass is 10.1. The zero-order valence-electron chi connectivity index (χ0n) is 11.6. The SMILES string of the molecule is CC.CC(C)c1cc(C(=O)N(C)C)cc(N)n1. The highest BCUT2D eigenvalue weighted by molar-refractivity contribution is 5.94. The minimum Gasteiger partial charge on any atom is -0.384 e. The van der Waals surface area contributed by atoms with Gasteiger partial charge in [-0.25, -0.2) is 4.98 Å². The van der Waals surface area contributed by atoms with Crippen molar-refractivity contribution in [2.45, 2.75) is 33.6 Å². The van der Waals surface area contributed by atoms with Gasteiger partial charge in [-0.15, -0.1) is 0 Å². The lowest BCUT2D eigenvalue weighted by Gasteiger charge is -2.12. The highest BCUT2D eigenvalue weighted by Crippen LogP contribution is 2.16. The van der Waals surface area contributed by atoms with Crippen LogP contribution in [-0.2, 0) is 0 Å². The molecule has 4 heteroatoms. The van der Waals surface area contributed by atoms with Gasteiger partial charge in [-0.2, -0.15) is 0 Å². The number of nitrogen functional groups attached to an aromatic ring is 1. The Hall–Kier alpha value is -1.58. The first-order valence-electron chi connectivity index (χ1n) is 5.91. The molecule has 4 nitrogen and oxygen atoms in total. The maximum absolute atomic E-state index is 11.7. The van der Waals surface area contributed by atoms with Crippen molar-refractivity contribution < 1.29 is 4.79 Å². The Morgan fingerprint density at radius 2 is 1.82 bits per heavy atom. The molecule has 96 valence electrons. The second kappa shape index (κ2) is 6.89. The van der Waals surface area contributed by atoms with Crippen LogP contribution in [0.1, 0.15) is 49.7 Å². The molecule has 2 N–H and O–H groups in total. The number of pyridine rings is 1. The molecule has 0 saturated carbocycles. The fraction of sp³-hybridized carbons (Fsp3) is 0.538. The lowest BCUT2D eigenvalue weighted by molar-refractivity contribution is 0.0827. The summed E-state index contributed by atoms with van der Waals surface area (Å²) in [6.45, 7) is 8.04. The van der Waals surface area contributed by atoms with E-state index >= 15 is 0 Å². The van der Waals surface area contributed by atoms with Crippen molar-refractivity contribution in [3.8, 4) is 0 Å². The quantitative estimate of drug-likeness (QED) is 0.859. The van der Waals surface area contributed by atoms with E-state index in [2.05, 4.69) is 4.98 Å². The van der Waals surface area contributed by atoms with Gasteiger partial charge in [0.25, 0.3) is 5.91 Å². The average molecular weight is 237 g/mol. The summed E-state index contributed by atoms with van der Waals surface area (Å²) >= 11 is 0. The number of rotatable bonds is 2. The third-order valence-corrected chi connectivity index (χ3v) is 2.11. The number of nitrogens with zero attached hydrogens (tertiary/aromatic N) is 2. The Morgan fingerprint density at radius 1 is 1.29 bits per heavy atom. The van der Waals surface area contributed by atoms with Crippen LogP contribution in [0.25, 0.3) is 0 Å². The van der Waals surface area contributed by atoms with Crippen LogP contribution in [-0.4, -0.2) is 29.9 Å². The Labute approximate surface area is 104 Å². The summed E-state index contributed by atoms with van der Waals surface area (Å²) in [5.41, 5.74) is 7.09. The maximum Gasteiger partial charge on any atom is 0.253 e. The van der Waals surface area contributed by atoms with Crippen molar-refractivity contribution in [1.82, 2.24) is 9.88 Å². The minimum atomic E-state index is -0.0500. The molecule has 1 aromatic rings. The summed E-state index contributed by atoms with van der Waals surface area (Å²) in [5.74, 6) is 0.611. The lowest BCUT2D eigenvalue weighted by Crippen LogP contribution is -2.22. The molecule has 0 aliphatic carbocycles. The van der Waals surface area contributed by atoms with Gasteiger partial charge in [-0.05, 0) is 18.1 Å². The normalized spacial score (nSPS) is 9.59. The predicted molar refractivity (Wildman–Crippen MR) is 72.1 cm³/mol. The summed E-state index contributed by atoms with van der Waals surface area (Å²) < 4.78 is 0. The number of carbonyl (C=O) groups is 1. The average Bonchev–Trinajstić information content (AvgIpc) is 2.29. The zero-order valence-corrected chi connectivity index (χ0v) is 11.6. The first kappa shape index (κ1) is 15.4. The van der Waals surface area contributed by atoms with Crippen LogP contribution in [0.4, 0.5) is 5.82 Å². The van der Waals surface area contributed by atoms with Gasteiger partial charge in [0.2, 0.25) is 0 Å². The molecule has 0 spiro atoms. The molecule has 0 fully saturated rings. The van der Waals surface area contributed by atoms with Crippen LogP contribution >= 0.6 is 0 Å². The number of carbonyl (C=O) groups excluding carboxylic acids is 1. The molecule has 1 amide bonds. The highest BCUT2D eigenvalue weighted by atomic mass is 16.2. The van der Waals surface area contributed by atoms with Gasteiger partial charge in [0, 0.05) is 25.4 Å². The van der Waals surface area contributed by atoms with Crippen molar-refractivity contribution in [2.75, 3.05) is 19.8 Å². The van der Waals surface area contributed by atoms with E-state index in [-0.39, 0.29) is 11.8 Å². The fourth-order valence-corrected chi connectivity index (χ4v) is 1.25. The van der Waals surface area contributed by atoms with Crippen LogP contribution in [0.15, 0.2) is 12.1 Å². The number of anilines is 1. The molecule has 0 atom stereocenters. The maximum atomic E-state index is 11.7. The summed E-state index contributed by atoms with van der Waals surface area (Å²) in [6.07, 6.45) is 0. The van der Waals surface area contributed by atoms with E-state index in [0.29, 0.717) is 11.4 Å². The van der Waals surface area contributed by atoms with Crippen molar-refractivity contribution in [1.29, 1.82) is 0 Å². The summed E-state index contributed by atoms with van der Waals surface area (Å²) in [4.78, 5) is 17.4. The van der Waals surface area contributed by atoms with Crippen LogP contribution in [0.3, 0.4) is 0 Å². The molecule has 0 unspecified atom stereocenters. The Bertz CT molecular complexity index is 373. The number of nitrogens with two attached hydrogens (primary N) is 1. The number of hydrogen-bond acceptors (Lipinski definition) is 3. The third-order valence-electron chi connectivity index (χ3n) is 2.11. The van der Waals surface area contributed by atoms with Gasteiger partial charge in [-0.1, -0.05) is 27.7 Å². The summed E-state index contributed by atoms with van der Waals surface area (Å²) in [5, 5.41) is 0. The Morgan fingerprint density at radius 3 is 2.24 bits per heavy atom. The third kappa shape index (κ3) is 4.43. The van der Waals surface area contributed by atoms with Crippen LogP contribution < -0.4 is 5.73 Å². The topological polar surface area (TPSA) is 59.2 Å². The zero-order chi connectivity index (χ0) is 13.6. The molecule has 1 heterocycles. The second-order valence-corrected chi connectivity index (χ2v) is 4.06. The van der Waals surface area contributed by atoms with Crippen LogP contribution in [0.2, 0.25) is 0 Å². The fourth-order valence-electron chi connectivity index (χ4n) is 1.25. The molecule has 0 aromatic carbocycles. The molecule has 0 radical (unpaired) electrons. The predicted octanol–water partition coefficient (Wildman–Crippen LogP) is 2.52. The molecular formula is C13H23N3O. The van der Waals surface area contributed by atoms with E-state index in [1.54, 1.807) is 26.2 Å². The molecule has 0 bridgehead atoms. The van der Waals surface area contributed by atoms with E-state index < -0.39 is 0 Å². The first-order chi connectivity index (χ1) is 7.91. The number of amides is 1. The van der Waals surface area contributed by atoms with E-state index in [4.69, 9.17) is 5.73 Å². The molecular weight excluding hydrogens is 214 g/mol. The van der Waals surface area contributed by atoms with Crippen LogP contribution in [0, 0.1) is 0 Å². The number of aromatic nitrogens is 1.